The fourth-order valence-corrected chi connectivity index (χ4v) is 3.43. The van der Waals surface area contributed by atoms with Crippen molar-refractivity contribution >= 4 is 22.6 Å². The van der Waals surface area contributed by atoms with Gasteiger partial charge in [-0.25, -0.2) is 4.98 Å². The number of carbonyl (C=O) groups is 1. The van der Waals surface area contributed by atoms with Crippen LogP contribution < -0.4 is 5.32 Å². The zero-order valence-corrected chi connectivity index (χ0v) is 16.2. The van der Waals surface area contributed by atoms with E-state index in [2.05, 4.69) is 60.8 Å². The topological polar surface area (TPSA) is 62.2 Å². The van der Waals surface area contributed by atoms with E-state index in [4.69, 9.17) is 10.1 Å². The van der Waals surface area contributed by atoms with Crippen molar-refractivity contribution in [2.45, 2.75) is 13.3 Å². The summed E-state index contributed by atoms with van der Waals surface area (Å²) in [4.78, 5) is 15.7. The molecular formula is C25H22N2O2. The van der Waals surface area contributed by atoms with Gasteiger partial charge in [-0.2, -0.15) is 0 Å². The van der Waals surface area contributed by atoms with E-state index in [0.717, 1.165) is 33.4 Å². The molecule has 4 rings (SSSR count). The lowest BCUT2D eigenvalue weighted by molar-refractivity contribution is -0.136. The number of aliphatic carboxylic acids is 1. The quantitative estimate of drug-likeness (QED) is 0.445. The largest absolute Gasteiger partial charge is 0.481 e. The maximum atomic E-state index is 10.9. The maximum absolute atomic E-state index is 10.9. The first-order chi connectivity index (χ1) is 14.1. The molecule has 0 spiro atoms. The Morgan fingerprint density at radius 2 is 1.66 bits per heavy atom. The van der Waals surface area contributed by atoms with Gasteiger partial charge in [0, 0.05) is 23.2 Å². The maximum Gasteiger partial charge on any atom is 0.305 e. The summed E-state index contributed by atoms with van der Waals surface area (Å²) in [5, 5.41) is 13.2. The lowest BCUT2D eigenvalue weighted by atomic mass is 10.0. The number of carboxylic acids is 1. The number of pyridine rings is 1. The average molecular weight is 382 g/mol. The van der Waals surface area contributed by atoms with Crippen molar-refractivity contribution in [3.8, 4) is 22.4 Å². The van der Waals surface area contributed by atoms with Crippen molar-refractivity contribution in [1.82, 2.24) is 4.98 Å². The number of anilines is 1. The van der Waals surface area contributed by atoms with Crippen LogP contribution in [0, 0.1) is 6.92 Å². The molecule has 0 radical (unpaired) electrons. The van der Waals surface area contributed by atoms with Crippen LogP contribution in [0.4, 0.5) is 5.69 Å². The number of aryl methyl sites for hydroxylation is 1. The zero-order valence-electron chi connectivity index (χ0n) is 16.2. The van der Waals surface area contributed by atoms with E-state index in [1.165, 1.54) is 11.1 Å². The van der Waals surface area contributed by atoms with Crippen molar-refractivity contribution in [2.24, 2.45) is 0 Å². The summed E-state index contributed by atoms with van der Waals surface area (Å²) in [7, 11) is 0. The number of nitrogens with one attached hydrogen (secondary N) is 1. The van der Waals surface area contributed by atoms with Crippen LogP contribution in [-0.4, -0.2) is 22.6 Å². The smallest absolute Gasteiger partial charge is 0.305 e. The summed E-state index contributed by atoms with van der Waals surface area (Å²) < 4.78 is 0. The third kappa shape index (κ3) is 4.27. The molecule has 0 aliphatic heterocycles. The van der Waals surface area contributed by atoms with Gasteiger partial charge in [-0.1, -0.05) is 72.3 Å². The molecule has 4 nitrogen and oxygen atoms in total. The van der Waals surface area contributed by atoms with E-state index < -0.39 is 5.97 Å². The standard InChI is InChI=1S/C25H22N2O2/c1-17-5-4-6-20(15-17)18-9-11-19(12-10-18)23-16-24(26-14-13-25(28)29)21-7-2-3-8-22(21)27-23/h2-12,15-16H,13-14H2,1H3,(H,26,27)(H,28,29). The summed E-state index contributed by atoms with van der Waals surface area (Å²) in [6.45, 7) is 2.46. The predicted octanol–water partition coefficient (Wildman–Crippen LogP) is 5.76. The monoisotopic (exact) mass is 382 g/mol. The second-order valence-corrected chi connectivity index (χ2v) is 7.09. The first-order valence-electron chi connectivity index (χ1n) is 9.63. The molecule has 0 aliphatic carbocycles. The summed E-state index contributed by atoms with van der Waals surface area (Å²) in [5.41, 5.74) is 7.25. The van der Waals surface area contributed by atoms with Crippen LogP contribution in [0.2, 0.25) is 0 Å². The van der Waals surface area contributed by atoms with E-state index in [0.29, 0.717) is 6.54 Å². The molecule has 3 aromatic carbocycles. The molecule has 0 saturated carbocycles. The molecule has 29 heavy (non-hydrogen) atoms. The first kappa shape index (κ1) is 18.7. The molecule has 0 fully saturated rings. The lowest BCUT2D eigenvalue weighted by Crippen LogP contribution is -2.08. The Bertz CT molecular complexity index is 1170. The fourth-order valence-electron chi connectivity index (χ4n) is 3.43. The van der Waals surface area contributed by atoms with Gasteiger partial charge in [-0.3, -0.25) is 4.79 Å². The number of rotatable bonds is 6. The number of carboxylic acid groups (broad SMARTS) is 1. The van der Waals surface area contributed by atoms with Crippen molar-refractivity contribution in [3.05, 3.63) is 84.4 Å². The van der Waals surface area contributed by atoms with Crippen LogP contribution in [-0.2, 0) is 4.79 Å². The van der Waals surface area contributed by atoms with Gasteiger partial charge < -0.3 is 10.4 Å². The summed E-state index contributed by atoms with van der Waals surface area (Å²) in [5.74, 6) is -0.817. The Hall–Kier alpha value is -3.66. The van der Waals surface area contributed by atoms with Gasteiger partial charge in [0.15, 0.2) is 0 Å². The Labute approximate surface area is 169 Å². The van der Waals surface area contributed by atoms with Crippen molar-refractivity contribution in [2.75, 3.05) is 11.9 Å². The summed E-state index contributed by atoms with van der Waals surface area (Å²) in [6.07, 6.45) is 0.0666. The highest BCUT2D eigenvalue weighted by atomic mass is 16.4. The second kappa shape index (κ2) is 8.15. The Morgan fingerprint density at radius 1 is 0.897 bits per heavy atom. The molecule has 0 aliphatic rings. The number of fused-ring (bicyclic) bond motifs is 1. The van der Waals surface area contributed by atoms with Crippen LogP contribution in [0.1, 0.15) is 12.0 Å². The molecule has 4 heteroatoms. The minimum Gasteiger partial charge on any atom is -0.481 e. The number of aromatic nitrogens is 1. The van der Waals surface area contributed by atoms with Gasteiger partial charge in [-0.05, 0) is 30.2 Å². The molecule has 2 N–H and O–H groups in total. The SMILES string of the molecule is Cc1cccc(-c2ccc(-c3cc(NCCC(=O)O)c4ccccc4n3)cc2)c1. The number of hydrogen-bond donors (Lipinski definition) is 2. The van der Waals surface area contributed by atoms with E-state index in [9.17, 15) is 4.79 Å². The summed E-state index contributed by atoms with van der Waals surface area (Å²) in [6, 6.07) is 26.7. The third-order valence-corrected chi connectivity index (χ3v) is 4.90. The van der Waals surface area contributed by atoms with Crippen LogP contribution in [0.15, 0.2) is 78.9 Å². The molecule has 144 valence electrons. The highest BCUT2D eigenvalue weighted by Gasteiger charge is 2.08. The average Bonchev–Trinajstić information content (AvgIpc) is 2.73. The van der Waals surface area contributed by atoms with Crippen molar-refractivity contribution < 1.29 is 9.90 Å². The van der Waals surface area contributed by atoms with Crippen LogP contribution >= 0.6 is 0 Å². The minimum atomic E-state index is -0.817. The molecule has 0 saturated heterocycles. The first-order valence-corrected chi connectivity index (χ1v) is 9.63. The Kier molecular flexibility index (Phi) is 5.25. The number of hydrogen-bond acceptors (Lipinski definition) is 3. The van der Waals surface area contributed by atoms with Gasteiger partial charge >= 0.3 is 5.97 Å². The van der Waals surface area contributed by atoms with Gasteiger partial charge in [-0.15, -0.1) is 0 Å². The molecule has 1 aromatic heterocycles. The zero-order chi connectivity index (χ0) is 20.2. The van der Waals surface area contributed by atoms with Gasteiger partial charge in [0.25, 0.3) is 0 Å². The lowest BCUT2D eigenvalue weighted by Gasteiger charge is -2.12. The second-order valence-electron chi connectivity index (χ2n) is 7.09. The molecule has 0 bridgehead atoms. The van der Waals surface area contributed by atoms with E-state index in [-0.39, 0.29) is 6.42 Å². The molecule has 4 aromatic rings. The Balaban J connectivity index is 1.68. The van der Waals surface area contributed by atoms with Crippen LogP contribution in [0.5, 0.6) is 0 Å². The van der Waals surface area contributed by atoms with Gasteiger partial charge in [0.2, 0.25) is 0 Å². The molecule has 0 atom stereocenters. The minimum absolute atomic E-state index is 0.0666. The van der Waals surface area contributed by atoms with E-state index in [1.807, 2.05) is 30.3 Å². The number of nitrogens with zero attached hydrogens (tertiary/aromatic N) is 1. The number of benzene rings is 3. The molecule has 1 heterocycles. The van der Waals surface area contributed by atoms with Gasteiger partial charge in [0.1, 0.15) is 0 Å². The normalized spacial score (nSPS) is 10.8. The highest BCUT2D eigenvalue weighted by molar-refractivity contribution is 5.94. The molecule has 0 unspecified atom stereocenters. The van der Waals surface area contributed by atoms with E-state index in [1.54, 1.807) is 0 Å². The molecule has 0 amide bonds. The third-order valence-electron chi connectivity index (χ3n) is 4.90. The summed E-state index contributed by atoms with van der Waals surface area (Å²) >= 11 is 0. The molecular weight excluding hydrogens is 360 g/mol. The van der Waals surface area contributed by atoms with Crippen molar-refractivity contribution in [3.63, 3.8) is 0 Å². The fraction of sp³-hybridized carbons (Fsp3) is 0.120. The van der Waals surface area contributed by atoms with Crippen LogP contribution in [0.3, 0.4) is 0 Å². The van der Waals surface area contributed by atoms with Crippen LogP contribution in [0.25, 0.3) is 33.3 Å². The van der Waals surface area contributed by atoms with Crippen molar-refractivity contribution in [1.29, 1.82) is 0 Å². The van der Waals surface area contributed by atoms with E-state index >= 15 is 0 Å². The highest BCUT2D eigenvalue weighted by Crippen LogP contribution is 2.30. The predicted molar refractivity (Wildman–Crippen MR) is 118 cm³/mol. The Morgan fingerprint density at radius 3 is 2.41 bits per heavy atom. The number of para-hydroxylation sites is 1. The van der Waals surface area contributed by atoms with Gasteiger partial charge in [0.05, 0.1) is 17.6 Å².